The molecule has 0 aromatic rings. The van der Waals surface area contributed by atoms with Gasteiger partial charge < -0.3 is 0 Å². The average Bonchev–Trinajstić information content (AvgIpc) is 3.76. The highest BCUT2D eigenvalue weighted by Gasteiger charge is 2.56. The van der Waals surface area contributed by atoms with Crippen LogP contribution in [0.25, 0.3) is 0 Å². The molecule has 0 aromatic carbocycles. The van der Waals surface area contributed by atoms with Gasteiger partial charge in [0.25, 0.3) is 0 Å². The smallest absolute Gasteiger partial charge is 0.286 e. The van der Waals surface area contributed by atoms with Gasteiger partial charge in [-0.15, -0.1) is 0 Å². The Hall–Kier alpha value is -0.180. The van der Waals surface area contributed by atoms with Crippen LogP contribution in [0.4, 0.5) is 13.2 Å². The minimum absolute atomic E-state index is 0.00468. The predicted molar refractivity (Wildman–Crippen MR) is 170 cm³/mol. The van der Waals surface area contributed by atoms with E-state index in [9.17, 15) is 13.2 Å². The lowest BCUT2D eigenvalue weighted by Gasteiger charge is -2.39. The lowest BCUT2D eigenvalue weighted by molar-refractivity contribution is -0.0343. The molecule has 0 radical (unpaired) electrons. The Morgan fingerprint density at radius 2 is 0.644 bits per heavy atom. The summed E-state index contributed by atoms with van der Waals surface area (Å²) in [6.07, 6.45) is 18.8. The average molecular weight is 653 g/mol. The summed E-state index contributed by atoms with van der Waals surface area (Å²) in [6.45, 7) is 0. The second kappa shape index (κ2) is 12.3. The third kappa shape index (κ3) is 5.71. The van der Waals surface area contributed by atoms with Crippen molar-refractivity contribution >= 4 is 11.8 Å². The molecule has 17 unspecified atom stereocenters. The summed E-state index contributed by atoms with van der Waals surface area (Å²) < 4.78 is 41.8. The number of rotatable bonds is 1. The number of alkyl halides is 3. The quantitative estimate of drug-likeness (QED) is 0.215. The summed E-state index contributed by atoms with van der Waals surface area (Å²) >= 11 is 0.267. The summed E-state index contributed by atoms with van der Waals surface area (Å²) in [5.74, 6) is 3.55. The highest BCUT2D eigenvalue weighted by Crippen LogP contribution is 2.50. The van der Waals surface area contributed by atoms with Gasteiger partial charge in [-0.1, -0.05) is 44.9 Å². The molecule has 9 rings (SSSR count). The van der Waals surface area contributed by atoms with Crippen LogP contribution in [-0.2, 0) is 0 Å². The highest BCUT2D eigenvalue weighted by molar-refractivity contribution is 8.00. The van der Waals surface area contributed by atoms with E-state index in [2.05, 4.69) is 42.5 Å². The van der Waals surface area contributed by atoms with Crippen molar-refractivity contribution in [1.29, 1.82) is 0 Å². The monoisotopic (exact) mass is 652 g/mol. The Balaban J connectivity index is 1.06. The maximum absolute atomic E-state index is 13.9. The van der Waals surface area contributed by atoms with Crippen LogP contribution in [0.15, 0.2) is 0 Å². The SMILES string of the molecule is FC(F)(F)SC1CCCC2C3NC4NC(NC5NC(NC6NC(NC(N3)C12)C1CCCCC61)C1CCCCC51)C1CCCCC41. The molecule has 9 fully saturated rings. The Kier molecular flexibility index (Phi) is 8.43. The number of thioether (sulfide) groups is 1. The van der Waals surface area contributed by atoms with Crippen molar-refractivity contribution in [3.05, 3.63) is 0 Å². The maximum Gasteiger partial charge on any atom is 0.442 e. The Labute approximate surface area is 270 Å². The second-order valence-corrected chi connectivity index (χ2v) is 17.6. The molecule has 45 heavy (non-hydrogen) atoms. The van der Waals surface area contributed by atoms with E-state index in [0.29, 0.717) is 48.1 Å². The summed E-state index contributed by atoms with van der Waals surface area (Å²) in [4.78, 5) is 0. The van der Waals surface area contributed by atoms with Gasteiger partial charge in [-0.3, -0.25) is 42.5 Å². The molecule has 0 spiro atoms. The summed E-state index contributed by atoms with van der Waals surface area (Å²) in [6, 6.07) is 0. The molecular formula is C33H55F3N8S. The van der Waals surface area contributed by atoms with Crippen molar-refractivity contribution in [2.75, 3.05) is 0 Å². The fourth-order valence-corrected chi connectivity index (χ4v) is 13.5. The van der Waals surface area contributed by atoms with Crippen molar-refractivity contribution in [3.8, 4) is 0 Å². The van der Waals surface area contributed by atoms with Gasteiger partial charge in [-0.25, -0.2) is 0 Å². The van der Waals surface area contributed by atoms with Crippen molar-refractivity contribution in [2.45, 2.75) is 156 Å². The van der Waals surface area contributed by atoms with E-state index in [0.717, 1.165) is 12.8 Å². The normalized spacial score (nSPS) is 54.6. The summed E-state index contributed by atoms with van der Waals surface area (Å²) in [5.41, 5.74) is -4.21. The van der Waals surface area contributed by atoms with E-state index in [1.165, 1.54) is 77.0 Å². The van der Waals surface area contributed by atoms with Gasteiger partial charge in [0.15, 0.2) is 0 Å². The standard InChI is InChI=1S/C33H55F3N8S/c34-33(35,36)45-23-15-7-14-22-24(23)32-43-30-21-13-6-5-12-20(21)28(41-30)39-26-17-9-2-1-8-16(17)25(37-26)38-27-18-10-3-4-11-19(18)29(40-27)42-31(22)44-32/h16-32,37-44H,1-15H2. The molecule has 254 valence electrons. The molecule has 5 heterocycles. The largest absolute Gasteiger partial charge is 0.442 e. The molecule has 12 heteroatoms. The van der Waals surface area contributed by atoms with E-state index in [1.54, 1.807) is 0 Å². The van der Waals surface area contributed by atoms with Crippen LogP contribution in [-0.4, -0.2) is 60.1 Å². The zero-order chi connectivity index (χ0) is 30.3. The fourth-order valence-electron chi connectivity index (χ4n) is 12.3. The van der Waals surface area contributed by atoms with Crippen LogP contribution < -0.4 is 42.5 Å². The Morgan fingerprint density at radius 3 is 0.978 bits per heavy atom. The zero-order valence-corrected chi connectivity index (χ0v) is 27.3. The molecule has 9 aliphatic rings. The molecule has 0 aromatic heterocycles. The molecule has 17 atom stereocenters. The first-order valence-corrected chi connectivity index (χ1v) is 19.6. The van der Waals surface area contributed by atoms with Crippen molar-refractivity contribution in [1.82, 2.24) is 42.5 Å². The van der Waals surface area contributed by atoms with Crippen LogP contribution in [0.5, 0.6) is 0 Å². The molecule has 5 aliphatic heterocycles. The second-order valence-electron chi connectivity index (χ2n) is 16.3. The van der Waals surface area contributed by atoms with Crippen molar-refractivity contribution < 1.29 is 13.2 Å². The summed E-state index contributed by atoms with van der Waals surface area (Å²) in [7, 11) is 0. The van der Waals surface area contributed by atoms with E-state index < -0.39 is 10.8 Å². The van der Waals surface area contributed by atoms with Gasteiger partial charge >= 0.3 is 5.51 Å². The number of hydrogen-bond donors (Lipinski definition) is 8. The van der Waals surface area contributed by atoms with Crippen molar-refractivity contribution in [3.63, 3.8) is 0 Å². The molecule has 5 saturated heterocycles. The van der Waals surface area contributed by atoms with Crippen LogP contribution in [0.1, 0.15) is 96.3 Å². The molecule has 8 nitrogen and oxygen atoms in total. The predicted octanol–water partition coefficient (Wildman–Crippen LogP) is 3.84. The van der Waals surface area contributed by atoms with Gasteiger partial charge in [0, 0.05) is 11.2 Å². The van der Waals surface area contributed by atoms with Gasteiger partial charge in [0.1, 0.15) is 0 Å². The fraction of sp³-hybridized carbons (Fsp3) is 1.00. The van der Waals surface area contributed by atoms with Gasteiger partial charge in [-0.2, -0.15) is 13.2 Å². The number of halogens is 3. The van der Waals surface area contributed by atoms with E-state index in [-0.39, 0.29) is 66.8 Å². The first-order valence-electron chi connectivity index (χ1n) is 18.7. The first kappa shape index (κ1) is 30.8. The van der Waals surface area contributed by atoms with Gasteiger partial charge in [0.05, 0.1) is 49.3 Å². The zero-order valence-electron chi connectivity index (χ0n) is 26.5. The van der Waals surface area contributed by atoms with E-state index >= 15 is 0 Å². The number of nitrogens with one attached hydrogen (secondary N) is 8. The van der Waals surface area contributed by atoms with Crippen LogP contribution in [0.3, 0.4) is 0 Å². The van der Waals surface area contributed by atoms with Crippen LogP contribution in [0.2, 0.25) is 0 Å². The van der Waals surface area contributed by atoms with Gasteiger partial charge in [0.2, 0.25) is 0 Å². The third-order valence-electron chi connectivity index (χ3n) is 14.1. The molecule has 0 amide bonds. The minimum Gasteiger partial charge on any atom is -0.286 e. The third-order valence-corrected chi connectivity index (χ3v) is 15.2. The van der Waals surface area contributed by atoms with Gasteiger partial charge in [-0.05, 0) is 105 Å². The number of hydrogen-bond acceptors (Lipinski definition) is 9. The highest BCUT2D eigenvalue weighted by atomic mass is 32.2. The van der Waals surface area contributed by atoms with E-state index in [1.807, 2.05) is 0 Å². The van der Waals surface area contributed by atoms with Crippen molar-refractivity contribution in [2.24, 2.45) is 47.3 Å². The van der Waals surface area contributed by atoms with Crippen LogP contribution >= 0.6 is 11.8 Å². The Morgan fingerprint density at radius 1 is 0.356 bits per heavy atom. The first-order chi connectivity index (χ1) is 21.9. The van der Waals surface area contributed by atoms with Crippen LogP contribution in [0, 0.1) is 47.3 Å². The molecule has 4 saturated carbocycles. The molecule has 8 N–H and O–H groups in total. The summed E-state index contributed by atoms with van der Waals surface area (Å²) in [5, 5.41) is 32.0. The molecule has 8 bridgehead atoms. The number of fused-ring (bicyclic) bond motifs is 20. The van der Waals surface area contributed by atoms with E-state index in [4.69, 9.17) is 0 Å². The lowest BCUT2D eigenvalue weighted by Crippen LogP contribution is -2.62. The Bertz CT molecular complexity index is 1070. The maximum atomic E-state index is 13.9. The topological polar surface area (TPSA) is 96.2 Å². The minimum atomic E-state index is -4.21. The lowest BCUT2D eigenvalue weighted by atomic mass is 9.76. The molecular weight excluding hydrogens is 597 g/mol. The molecule has 4 aliphatic carbocycles.